The number of hydrogen-bond acceptors (Lipinski definition) is 3. The predicted molar refractivity (Wildman–Crippen MR) is 98.7 cm³/mol. The van der Waals surface area contributed by atoms with Gasteiger partial charge in [0, 0.05) is 22.7 Å². The highest BCUT2D eigenvalue weighted by atomic mass is 32.1. The second kappa shape index (κ2) is 6.25. The zero-order valence-electron chi connectivity index (χ0n) is 14.4. The molecule has 1 amide bonds. The Morgan fingerprint density at radius 2 is 2.00 bits per heavy atom. The molecule has 2 aromatic rings. The molecule has 1 aliphatic heterocycles. The molecule has 0 N–H and O–H groups in total. The van der Waals surface area contributed by atoms with E-state index in [4.69, 9.17) is 4.74 Å². The molecule has 0 spiro atoms. The number of rotatable bonds is 2. The molecule has 0 unspecified atom stereocenters. The van der Waals surface area contributed by atoms with Crippen molar-refractivity contribution in [2.75, 3.05) is 18.6 Å². The van der Waals surface area contributed by atoms with E-state index in [9.17, 15) is 4.79 Å². The summed E-state index contributed by atoms with van der Waals surface area (Å²) < 4.78 is 5.67. The maximum absolute atomic E-state index is 13.3. The van der Waals surface area contributed by atoms with E-state index in [-0.39, 0.29) is 5.91 Å². The maximum atomic E-state index is 13.3. The minimum absolute atomic E-state index is 0.107. The van der Waals surface area contributed by atoms with Crippen molar-refractivity contribution in [3.63, 3.8) is 0 Å². The summed E-state index contributed by atoms with van der Waals surface area (Å²) in [6, 6.07) is 6.41. The number of methoxy groups -OCH3 is 1. The smallest absolute Gasteiger partial charge is 0.272 e. The summed E-state index contributed by atoms with van der Waals surface area (Å²) in [5.74, 6) is 0.940. The van der Waals surface area contributed by atoms with E-state index in [0.717, 1.165) is 48.5 Å². The molecule has 0 radical (unpaired) electrons. The van der Waals surface area contributed by atoms with E-state index in [1.54, 1.807) is 18.4 Å². The van der Waals surface area contributed by atoms with Gasteiger partial charge < -0.3 is 9.64 Å². The van der Waals surface area contributed by atoms with Crippen molar-refractivity contribution in [3.8, 4) is 5.75 Å². The molecule has 24 heavy (non-hydrogen) atoms. The lowest BCUT2D eigenvalue weighted by Gasteiger charge is -2.29. The molecule has 4 heteroatoms. The summed E-state index contributed by atoms with van der Waals surface area (Å²) in [6.07, 6.45) is 6.61. The zero-order chi connectivity index (χ0) is 16.7. The van der Waals surface area contributed by atoms with Crippen molar-refractivity contribution in [3.05, 3.63) is 44.6 Å². The number of benzene rings is 1. The van der Waals surface area contributed by atoms with Gasteiger partial charge in [0.15, 0.2) is 0 Å². The number of amides is 1. The second-order valence-electron chi connectivity index (χ2n) is 6.77. The molecular formula is C20H23NO2S. The molecule has 4 rings (SSSR count). The van der Waals surface area contributed by atoms with Crippen molar-refractivity contribution < 1.29 is 9.53 Å². The average molecular weight is 341 g/mol. The molecule has 0 fully saturated rings. The highest BCUT2D eigenvalue weighted by Gasteiger charge is 2.30. The number of thiophene rings is 1. The largest absolute Gasteiger partial charge is 0.495 e. The minimum Gasteiger partial charge on any atom is -0.495 e. The van der Waals surface area contributed by atoms with Crippen LogP contribution in [0.25, 0.3) is 0 Å². The fourth-order valence-electron chi connectivity index (χ4n) is 3.95. The van der Waals surface area contributed by atoms with Crippen LogP contribution in [0.4, 0.5) is 5.69 Å². The van der Waals surface area contributed by atoms with Crippen molar-refractivity contribution in [2.45, 2.75) is 45.4 Å². The highest BCUT2D eigenvalue weighted by molar-refractivity contribution is 7.14. The Labute approximate surface area is 147 Å². The quantitative estimate of drug-likeness (QED) is 0.803. The molecule has 0 atom stereocenters. The van der Waals surface area contributed by atoms with Gasteiger partial charge in [-0.25, -0.2) is 0 Å². The Bertz CT molecular complexity index is 793. The standard InChI is InChI=1S/C20H23NO2S/c1-13-9-10-16-14(12-13)6-5-11-21(16)20(22)19-18(23-2)15-7-3-4-8-17(15)24-19/h9-10,12H,3-8,11H2,1-2H3. The Hall–Kier alpha value is -1.81. The second-order valence-corrected chi connectivity index (χ2v) is 7.87. The van der Waals surface area contributed by atoms with Crippen LogP contribution < -0.4 is 9.64 Å². The van der Waals surface area contributed by atoms with E-state index in [0.29, 0.717) is 0 Å². The van der Waals surface area contributed by atoms with E-state index in [1.807, 2.05) is 4.90 Å². The molecule has 0 saturated heterocycles. The van der Waals surface area contributed by atoms with Gasteiger partial charge in [0.1, 0.15) is 10.6 Å². The van der Waals surface area contributed by atoms with Gasteiger partial charge in [-0.3, -0.25) is 4.79 Å². The van der Waals surface area contributed by atoms with E-state index in [2.05, 4.69) is 25.1 Å². The first-order chi connectivity index (χ1) is 11.7. The summed E-state index contributed by atoms with van der Waals surface area (Å²) in [7, 11) is 1.70. The lowest BCUT2D eigenvalue weighted by atomic mass is 9.97. The molecule has 0 bridgehead atoms. The Morgan fingerprint density at radius 1 is 1.17 bits per heavy atom. The van der Waals surface area contributed by atoms with Gasteiger partial charge in [-0.05, 0) is 57.1 Å². The van der Waals surface area contributed by atoms with Crippen molar-refractivity contribution in [1.82, 2.24) is 0 Å². The monoisotopic (exact) mass is 341 g/mol. The fourth-order valence-corrected chi connectivity index (χ4v) is 5.26. The van der Waals surface area contributed by atoms with Crippen LogP contribution >= 0.6 is 11.3 Å². The van der Waals surface area contributed by atoms with Crippen LogP contribution in [-0.2, 0) is 19.3 Å². The number of fused-ring (bicyclic) bond motifs is 2. The first kappa shape index (κ1) is 15.7. The Morgan fingerprint density at radius 3 is 2.83 bits per heavy atom. The van der Waals surface area contributed by atoms with Gasteiger partial charge >= 0.3 is 0 Å². The molecule has 2 aliphatic rings. The summed E-state index contributed by atoms with van der Waals surface area (Å²) in [4.78, 5) is 17.4. The van der Waals surface area contributed by atoms with E-state index in [1.165, 1.54) is 34.4 Å². The Balaban J connectivity index is 1.74. The van der Waals surface area contributed by atoms with Gasteiger partial charge in [0.05, 0.1) is 7.11 Å². The number of hydrogen-bond donors (Lipinski definition) is 0. The highest BCUT2D eigenvalue weighted by Crippen LogP contribution is 2.41. The van der Waals surface area contributed by atoms with Crippen LogP contribution in [0.2, 0.25) is 0 Å². The summed E-state index contributed by atoms with van der Waals surface area (Å²) in [6.45, 7) is 2.90. The number of carbonyl (C=O) groups excluding carboxylic acids is 1. The molecule has 0 saturated carbocycles. The molecular weight excluding hydrogens is 318 g/mol. The fraction of sp³-hybridized carbons (Fsp3) is 0.450. The van der Waals surface area contributed by atoms with Crippen LogP contribution in [0.3, 0.4) is 0 Å². The van der Waals surface area contributed by atoms with Crippen LogP contribution in [0.1, 0.15) is 50.5 Å². The molecule has 1 aromatic heterocycles. The third-order valence-corrected chi connectivity index (χ3v) is 6.38. The molecule has 1 aromatic carbocycles. The van der Waals surface area contributed by atoms with E-state index < -0.39 is 0 Å². The summed E-state index contributed by atoms with van der Waals surface area (Å²) >= 11 is 1.65. The third-order valence-electron chi connectivity index (χ3n) is 5.12. The summed E-state index contributed by atoms with van der Waals surface area (Å²) in [5.41, 5.74) is 4.89. The number of aryl methyl sites for hydroxylation is 3. The first-order valence-corrected chi connectivity index (χ1v) is 9.60. The average Bonchev–Trinajstić information content (AvgIpc) is 2.99. The van der Waals surface area contributed by atoms with Gasteiger partial charge in [-0.15, -0.1) is 11.3 Å². The zero-order valence-corrected chi connectivity index (χ0v) is 15.2. The lowest BCUT2D eigenvalue weighted by molar-refractivity contribution is 0.0986. The van der Waals surface area contributed by atoms with Crippen molar-refractivity contribution in [1.29, 1.82) is 0 Å². The van der Waals surface area contributed by atoms with Gasteiger partial charge in [0.25, 0.3) is 5.91 Å². The molecule has 126 valence electrons. The van der Waals surface area contributed by atoms with Gasteiger partial charge in [0.2, 0.25) is 0 Å². The van der Waals surface area contributed by atoms with Gasteiger partial charge in [-0.1, -0.05) is 17.7 Å². The summed E-state index contributed by atoms with van der Waals surface area (Å²) in [5, 5.41) is 0. The SMILES string of the molecule is COc1c(C(=O)N2CCCc3cc(C)ccc32)sc2c1CCCC2. The topological polar surface area (TPSA) is 29.5 Å². The lowest BCUT2D eigenvalue weighted by Crippen LogP contribution is -2.35. The maximum Gasteiger partial charge on any atom is 0.272 e. The van der Waals surface area contributed by atoms with Crippen LogP contribution in [0, 0.1) is 6.92 Å². The molecule has 3 nitrogen and oxygen atoms in total. The van der Waals surface area contributed by atoms with Crippen molar-refractivity contribution >= 4 is 22.9 Å². The van der Waals surface area contributed by atoms with Gasteiger partial charge in [-0.2, -0.15) is 0 Å². The van der Waals surface area contributed by atoms with E-state index >= 15 is 0 Å². The number of carbonyl (C=O) groups is 1. The number of anilines is 1. The normalized spacial score (nSPS) is 16.5. The minimum atomic E-state index is 0.107. The molecule has 2 heterocycles. The van der Waals surface area contributed by atoms with Crippen LogP contribution in [0.5, 0.6) is 5.75 Å². The van der Waals surface area contributed by atoms with Crippen molar-refractivity contribution in [2.24, 2.45) is 0 Å². The van der Waals surface area contributed by atoms with Crippen LogP contribution in [-0.4, -0.2) is 19.6 Å². The first-order valence-electron chi connectivity index (χ1n) is 8.79. The number of ether oxygens (including phenoxy) is 1. The third kappa shape index (κ3) is 2.53. The Kier molecular flexibility index (Phi) is 4.09. The van der Waals surface area contributed by atoms with Crippen LogP contribution in [0.15, 0.2) is 18.2 Å². The predicted octanol–water partition coefficient (Wildman–Crippen LogP) is 4.54. The number of nitrogens with zero attached hydrogens (tertiary/aromatic N) is 1. The molecule has 1 aliphatic carbocycles.